The summed E-state index contributed by atoms with van der Waals surface area (Å²) in [6.07, 6.45) is 0.342. The molecule has 2 aromatic carbocycles. The van der Waals surface area contributed by atoms with Gasteiger partial charge in [0.25, 0.3) is 5.56 Å². The Balaban J connectivity index is 1.52. The Morgan fingerprint density at radius 3 is 2.09 bits per heavy atom. The first kappa shape index (κ1) is 32.7. The predicted molar refractivity (Wildman–Crippen MR) is 163 cm³/mol. The number of rotatable bonds is 11. The van der Waals surface area contributed by atoms with E-state index in [0.717, 1.165) is 36.6 Å². The number of benzene rings is 2. The van der Waals surface area contributed by atoms with E-state index in [2.05, 4.69) is 4.98 Å². The first-order chi connectivity index (χ1) is 21.2. The maximum atomic E-state index is 13.4. The number of aromatic nitrogens is 2. The monoisotopic (exact) mass is 620 g/mol. The van der Waals surface area contributed by atoms with Crippen LogP contribution in [0.4, 0.5) is 4.79 Å². The molecule has 0 aliphatic heterocycles. The quantitative estimate of drug-likeness (QED) is 0.306. The van der Waals surface area contributed by atoms with Crippen molar-refractivity contribution in [3.8, 4) is 11.1 Å². The van der Waals surface area contributed by atoms with Crippen LogP contribution in [0.1, 0.15) is 43.4 Å². The van der Waals surface area contributed by atoms with Crippen molar-refractivity contribution in [3.05, 3.63) is 92.3 Å². The number of esters is 1. The number of aryl methyl sites for hydroxylation is 1. The largest absolute Gasteiger partial charge is 0.480 e. The van der Waals surface area contributed by atoms with Crippen molar-refractivity contribution in [2.24, 2.45) is 0 Å². The Kier molecular flexibility index (Phi) is 9.90. The summed E-state index contributed by atoms with van der Waals surface area (Å²) in [6.45, 7) is 3.97. The fourth-order valence-electron chi connectivity index (χ4n) is 5.13. The molecule has 1 aromatic heterocycles. The molecule has 0 atom stereocenters. The molecule has 13 heteroatoms. The Bertz CT molecular complexity index is 1670. The van der Waals surface area contributed by atoms with Crippen LogP contribution in [0.15, 0.2) is 64.3 Å². The van der Waals surface area contributed by atoms with Crippen molar-refractivity contribution in [2.45, 2.75) is 45.8 Å². The second-order valence-corrected chi connectivity index (χ2v) is 11.7. The molecule has 2 N–H and O–H groups in total. The number of hydrogen-bond donors (Lipinski definition) is 2. The molecule has 0 spiro atoms. The lowest BCUT2D eigenvalue weighted by molar-refractivity contribution is -0.156. The second kappa shape index (κ2) is 13.6. The highest BCUT2D eigenvalue weighted by Gasteiger charge is 2.32. The van der Waals surface area contributed by atoms with E-state index in [1.165, 1.54) is 13.1 Å². The third kappa shape index (κ3) is 8.25. The number of carboxylic acids is 1. The zero-order valence-electron chi connectivity index (χ0n) is 25.6. The van der Waals surface area contributed by atoms with Crippen LogP contribution in [0, 0.1) is 6.92 Å². The van der Waals surface area contributed by atoms with Gasteiger partial charge < -0.3 is 19.5 Å². The number of carbonyl (C=O) groups is 4. The maximum Gasteiger partial charge on any atom is 0.410 e. The van der Waals surface area contributed by atoms with E-state index in [1.54, 1.807) is 20.8 Å². The van der Waals surface area contributed by atoms with Gasteiger partial charge in [0.1, 0.15) is 31.8 Å². The molecule has 13 nitrogen and oxygen atoms in total. The molecule has 45 heavy (non-hydrogen) atoms. The maximum absolute atomic E-state index is 13.4. The van der Waals surface area contributed by atoms with Gasteiger partial charge in [-0.3, -0.25) is 33.6 Å². The fraction of sp³-hybridized carbons (Fsp3) is 0.375. The molecule has 1 heterocycles. The molecule has 238 valence electrons. The van der Waals surface area contributed by atoms with Crippen molar-refractivity contribution < 1.29 is 33.8 Å². The molecule has 0 radical (unpaired) electrons. The lowest BCUT2D eigenvalue weighted by Gasteiger charge is -2.28. The topological polar surface area (TPSA) is 168 Å². The fourth-order valence-corrected chi connectivity index (χ4v) is 5.13. The van der Waals surface area contributed by atoms with Gasteiger partial charge in [-0.2, -0.15) is 0 Å². The van der Waals surface area contributed by atoms with Gasteiger partial charge in [0.15, 0.2) is 0 Å². The molecule has 2 amide bonds. The summed E-state index contributed by atoms with van der Waals surface area (Å²) in [5.41, 5.74) is 2.10. The average molecular weight is 621 g/mol. The van der Waals surface area contributed by atoms with Gasteiger partial charge >= 0.3 is 23.7 Å². The SMILES string of the molecule is Cc1cn(CCN(CC(=O)O)C(=O)CN(CC(=O)OC(C)(C)C)C(=O)OCC2c3ccccc3-c3ccccc32)c(=O)[nH]c1=O. The van der Waals surface area contributed by atoms with Gasteiger partial charge in [0.2, 0.25) is 5.91 Å². The summed E-state index contributed by atoms with van der Waals surface area (Å²) in [4.78, 5) is 79.0. The number of H-pyrrole nitrogens is 1. The number of carbonyl (C=O) groups excluding carboxylic acids is 3. The van der Waals surface area contributed by atoms with Gasteiger partial charge in [-0.1, -0.05) is 48.5 Å². The average Bonchev–Trinajstić information content (AvgIpc) is 3.28. The van der Waals surface area contributed by atoms with E-state index in [0.29, 0.717) is 0 Å². The molecule has 4 rings (SSSR count). The summed E-state index contributed by atoms with van der Waals surface area (Å²) >= 11 is 0. The number of nitrogens with zero attached hydrogens (tertiary/aromatic N) is 3. The lowest BCUT2D eigenvalue weighted by Crippen LogP contribution is -2.48. The van der Waals surface area contributed by atoms with Crippen LogP contribution in [0.5, 0.6) is 0 Å². The summed E-state index contributed by atoms with van der Waals surface area (Å²) in [7, 11) is 0. The van der Waals surface area contributed by atoms with Crippen LogP contribution in [0.3, 0.4) is 0 Å². The Morgan fingerprint density at radius 1 is 0.911 bits per heavy atom. The van der Waals surface area contributed by atoms with Gasteiger partial charge in [0, 0.05) is 30.8 Å². The first-order valence-corrected chi connectivity index (χ1v) is 14.3. The summed E-state index contributed by atoms with van der Waals surface area (Å²) in [5, 5.41) is 9.46. The second-order valence-electron chi connectivity index (χ2n) is 11.7. The molecule has 0 unspecified atom stereocenters. The van der Waals surface area contributed by atoms with E-state index >= 15 is 0 Å². The molecule has 0 saturated heterocycles. The van der Waals surface area contributed by atoms with Crippen molar-refractivity contribution >= 4 is 23.9 Å². The van der Waals surface area contributed by atoms with Crippen LogP contribution < -0.4 is 11.2 Å². The van der Waals surface area contributed by atoms with Crippen molar-refractivity contribution in [2.75, 3.05) is 32.8 Å². The predicted octanol–water partition coefficient (Wildman–Crippen LogP) is 2.35. The van der Waals surface area contributed by atoms with E-state index in [1.807, 2.05) is 48.5 Å². The zero-order valence-corrected chi connectivity index (χ0v) is 25.6. The molecule has 3 aromatic rings. The Labute approximate surface area is 259 Å². The molecule has 1 aliphatic carbocycles. The van der Waals surface area contributed by atoms with Gasteiger partial charge in [0.05, 0.1) is 0 Å². The van der Waals surface area contributed by atoms with Crippen LogP contribution in [-0.2, 0) is 30.4 Å². The van der Waals surface area contributed by atoms with Crippen LogP contribution in [0.2, 0.25) is 0 Å². The Morgan fingerprint density at radius 2 is 1.51 bits per heavy atom. The van der Waals surface area contributed by atoms with Crippen LogP contribution in [-0.4, -0.2) is 86.8 Å². The number of amides is 2. The number of aliphatic carboxylic acids is 1. The molecule has 0 fully saturated rings. The van der Waals surface area contributed by atoms with Gasteiger partial charge in [-0.15, -0.1) is 0 Å². The zero-order chi connectivity index (χ0) is 32.9. The lowest BCUT2D eigenvalue weighted by atomic mass is 9.98. The van der Waals surface area contributed by atoms with Crippen LogP contribution in [0.25, 0.3) is 11.1 Å². The molecule has 0 bridgehead atoms. The minimum Gasteiger partial charge on any atom is -0.480 e. The number of fused-ring (bicyclic) bond motifs is 3. The highest BCUT2D eigenvalue weighted by Crippen LogP contribution is 2.44. The van der Waals surface area contributed by atoms with Crippen molar-refractivity contribution in [1.29, 1.82) is 0 Å². The molecule has 0 saturated carbocycles. The van der Waals surface area contributed by atoms with Crippen molar-refractivity contribution in [3.63, 3.8) is 0 Å². The Hall–Kier alpha value is -5.20. The smallest absolute Gasteiger partial charge is 0.410 e. The number of carboxylic acid groups (broad SMARTS) is 1. The standard InChI is InChI=1S/C32H36N4O9/c1-20-15-35(30(42)33-29(20)41)14-13-34(17-27(38)39)26(37)16-36(18-28(40)45-32(2,3)4)31(43)44-19-25-23-11-7-5-9-21(23)22-10-6-8-12-24(22)25/h5-12,15,25H,13-14,16-19H2,1-4H3,(H,38,39)(H,33,41,42). The third-order valence-electron chi connectivity index (χ3n) is 7.14. The minimum absolute atomic E-state index is 0.0703. The third-order valence-corrected chi connectivity index (χ3v) is 7.14. The van der Waals surface area contributed by atoms with Gasteiger partial charge in [-0.25, -0.2) is 9.59 Å². The van der Waals surface area contributed by atoms with E-state index < -0.39 is 60.4 Å². The van der Waals surface area contributed by atoms with Gasteiger partial charge in [-0.05, 0) is 49.9 Å². The minimum atomic E-state index is -1.33. The highest BCUT2D eigenvalue weighted by molar-refractivity contribution is 5.87. The number of aromatic amines is 1. The van der Waals surface area contributed by atoms with Crippen LogP contribution >= 0.6 is 0 Å². The molecule has 1 aliphatic rings. The van der Waals surface area contributed by atoms with Crippen molar-refractivity contribution in [1.82, 2.24) is 19.4 Å². The number of hydrogen-bond acceptors (Lipinski definition) is 8. The number of nitrogens with one attached hydrogen (secondary N) is 1. The summed E-state index contributed by atoms with van der Waals surface area (Å²) < 4.78 is 12.2. The highest BCUT2D eigenvalue weighted by atomic mass is 16.6. The summed E-state index contributed by atoms with van der Waals surface area (Å²) in [6, 6.07) is 15.5. The number of ether oxygens (including phenoxy) is 2. The molecular formula is C32H36N4O9. The normalized spacial score (nSPS) is 12.2. The van der Waals surface area contributed by atoms with E-state index in [9.17, 15) is 33.9 Å². The first-order valence-electron chi connectivity index (χ1n) is 14.3. The van der Waals surface area contributed by atoms with E-state index in [-0.39, 0.29) is 31.2 Å². The molecular weight excluding hydrogens is 584 g/mol. The summed E-state index contributed by atoms with van der Waals surface area (Å²) in [5.74, 6) is -3.19. The van der Waals surface area contributed by atoms with E-state index in [4.69, 9.17) is 9.47 Å².